The predicted octanol–water partition coefficient (Wildman–Crippen LogP) is 1.91. The lowest BCUT2D eigenvalue weighted by molar-refractivity contribution is -0.147. The number of carboxylic acid groups (broad SMARTS) is 1. The summed E-state index contributed by atoms with van der Waals surface area (Å²) in [7, 11) is 0. The number of β-amino-alcohol motifs (C(OH)–C–C–N with tert-alkyl or cyclic N) is 1. The van der Waals surface area contributed by atoms with Gasteiger partial charge in [0, 0.05) is 6.54 Å². The van der Waals surface area contributed by atoms with Gasteiger partial charge in [-0.25, -0.2) is 0 Å². The first-order valence-corrected chi connectivity index (χ1v) is 6.79. The highest BCUT2D eigenvalue weighted by molar-refractivity contribution is 5.74. The third kappa shape index (κ3) is 3.33. The van der Waals surface area contributed by atoms with Crippen LogP contribution in [0.4, 0.5) is 0 Å². The van der Waals surface area contributed by atoms with Gasteiger partial charge in [0.1, 0.15) is 6.04 Å². The first-order chi connectivity index (χ1) is 9.09. The molecule has 0 aromatic heterocycles. The van der Waals surface area contributed by atoms with E-state index >= 15 is 0 Å². The summed E-state index contributed by atoms with van der Waals surface area (Å²) in [6.45, 7) is 3.09. The lowest BCUT2D eigenvalue weighted by Crippen LogP contribution is -2.50. The van der Waals surface area contributed by atoms with Gasteiger partial charge >= 0.3 is 5.97 Å². The number of aliphatic hydroxyl groups excluding tert-OH is 1. The van der Waals surface area contributed by atoms with Gasteiger partial charge in [-0.05, 0) is 30.9 Å². The molecule has 0 amide bonds. The van der Waals surface area contributed by atoms with Crippen LogP contribution in [0.1, 0.15) is 31.4 Å². The molecule has 104 valence electrons. The van der Waals surface area contributed by atoms with Gasteiger partial charge in [-0.3, -0.25) is 9.69 Å². The van der Waals surface area contributed by atoms with E-state index in [-0.39, 0.29) is 5.92 Å². The lowest BCUT2D eigenvalue weighted by Gasteiger charge is -2.38. The highest BCUT2D eigenvalue weighted by atomic mass is 16.4. The summed E-state index contributed by atoms with van der Waals surface area (Å²) in [6.07, 6.45) is 1.30. The molecule has 0 spiro atoms. The maximum absolute atomic E-state index is 11.4. The van der Waals surface area contributed by atoms with Crippen LogP contribution in [-0.2, 0) is 4.79 Å². The number of piperidine rings is 1. The van der Waals surface area contributed by atoms with E-state index in [0.29, 0.717) is 6.54 Å². The molecule has 3 atom stereocenters. The maximum Gasteiger partial charge on any atom is 0.321 e. The number of hydrogen-bond donors (Lipinski definition) is 2. The summed E-state index contributed by atoms with van der Waals surface area (Å²) in [4.78, 5) is 13.3. The Morgan fingerprint density at radius 2 is 2.11 bits per heavy atom. The zero-order valence-corrected chi connectivity index (χ0v) is 11.2. The molecule has 0 radical (unpaired) electrons. The van der Waals surface area contributed by atoms with Gasteiger partial charge in [0.25, 0.3) is 0 Å². The van der Waals surface area contributed by atoms with Crippen molar-refractivity contribution in [2.45, 2.75) is 31.9 Å². The average Bonchev–Trinajstić information content (AvgIpc) is 2.39. The van der Waals surface area contributed by atoms with Crippen molar-refractivity contribution in [2.75, 3.05) is 13.1 Å². The molecule has 0 aliphatic carbocycles. The van der Waals surface area contributed by atoms with Crippen LogP contribution in [0.2, 0.25) is 0 Å². The van der Waals surface area contributed by atoms with Crippen molar-refractivity contribution in [3.8, 4) is 0 Å². The van der Waals surface area contributed by atoms with Crippen LogP contribution in [0.25, 0.3) is 0 Å². The van der Waals surface area contributed by atoms with E-state index in [1.165, 1.54) is 0 Å². The molecule has 4 nitrogen and oxygen atoms in total. The summed E-state index contributed by atoms with van der Waals surface area (Å²) >= 11 is 0. The molecule has 0 bridgehead atoms. The molecule has 1 aliphatic rings. The molecule has 2 rings (SSSR count). The van der Waals surface area contributed by atoms with E-state index < -0.39 is 18.1 Å². The summed E-state index contributed by atoms with van der Waals surface area (Å²) in [6, 6.07) is 8.92. The molecule has 1 fully saturated rings. The number of carbonyl (C=O) groups is 1. The van der Waals surface area contributed by atoms with Crippen molar-refractivity contribution in [2.24, 2.45) is 5.92 Å². The Balaban J connectivity index is 2.06. The van der Waals surface area contributed by atoms with Gasteiger partial charge in [0.05, 0.1) is 6.10 Å². The lowest BCUT2D eigenvalue weighted by atomic mass is 9.90. The second-order valence-corrected chi connectivity index (χ2v) is 5.32. The van der Waals surface area contributed by atoms with E-state index in [0.717, 1.165) is 24.9 Å². The van der Waals surface area contributed by atoms with Gasteiger partial charge < -0.3 is 10.2 Å². The van der Waals surface area contributed by atoms with Crippen molar-refractivity contribution in [1.29, 1.82) is 0 Å². The molecule has 4 heteroatoms. The maximum atomic E-state index is 11.4. The number of benzene rings is 1. The number of likely N-dealkylation sites (tertiary alicyclic amines) is 1. The average molecular weight is 263 g/mol. The Bertz CT molecular complexity index is 421. The highest BCUT2D eigenvalue weighted by Crippen LogP contribution is 2.26. The largest absolute Gasteiger partial charge is 0.480 e. The molecule has 1 aliphatic heterocycles. The second-order valence-electron chi connectivity index (χ2n) is 5.32. The molecule has 1 heterocycles. The number of rotatable bonds is 4. The molecule has 19 heavy (non-hydrogen) atoms. The van der Waals surface area contributed by atoms with Crippen molar-refractivity contribution < 1.29 is 15.0 Å². The standard InChI is InChI=1S/C15H21NO3/c1-11-6-5-9-16(14(11)15(18)19)10-13(17)12-7-3-2-4-8-12/h2-4,7-8,11,13-14,17H,5-6,9-10H2,1H3,(H,18,19). The molecule has 0 saturated carbocycles. The fraction of sp³-hybridized carbons (Fsp3) is 0.533. The van der Waals surface area contributed by atoms with E-state index in [2.05, 4.69) is 0 Å². The number of aliphatic hydroxyl groups is 1. The normalized spacial score (nSPS) is 26.0. The second kappa shape index (κ2) is 6.17. The molecular weight excluding hydrogens is 242 g/mol. The molecule has 1 saturated heterocycles. The first-order valence-electron chi connectivity index (χ1n) is 6.79. The Hall–Kier alpha value is -1.39. The molecular formula is C15H21NO3. The van der Waals surface area contributed by atoms with Gasteiger partial charge in [-0.1, -0.05) is 37.3 Å². The number of hydrogen-bond acceptors (Lipinski definition) is 3. The van der Waals surface area contributed by atoms with E-state index in [1.807, 2.05) is 42.2 Å². The van der Waals surface area contributed by atoms with E-state index in [1.54, 1.807) is 0 Å². The van der Waals surface area contributed by atoms with Gasteiger partial charge in [-0.2, -0.15) is 0 Å². The SMILES string of the molecule is CC1CCCN(CC(O)c2ccccc2)C1C(=O)O. The Morgan fingerprint density at radius 1 is 1.42 bits per heavy atom. The van der Waals surface area contributed by atoms with Crippen LogP contribution in [0.15, 0.2) is 30.3 Å². The highest BCUT2D eigenvalue weighted by Gasteiger charge is 2.35. The van der Waals surface area contributed by atoms with Crippen molar-refractivity contribution in [3.05, 3.63) is 35.9 Å². The summed E-state index contributed by atoms with van der Waals surface area (Å²) in [5.74, 6) is -0.651. The predicted molar refractivity (Wildman–Crippen MR) is 72.8 cm³/mol. The van der Waals surface area contributed by atoms with Crippen molar-refractivity contribution in [1.82, 2.24) is 4.90 Å². The van der Waals surface area contributed by atoms with Crippen LogP contribution in [0, 0.1) is 5.92 Å². The Kier molecular flexibility index (Phi) is 4.56. The van der Waals surface area contributed by atoms with Crippen molar-refractivity contribution >= 4 is 5.97 Å². The zero-order valence-electron chi connectivity index (χ0n) is 11.2. The smallest absolute Gasteiger partial charge is 0.321 e. The fourth-order valence-electron chi connectivity index (χ4n) is 2.88. The van der Waals surface area contributed by atoms with Crippen LogP contribution < -0.4 is 0 Å². The van der Waals surface area contributed by atoms with Gasteiger partial charge in [-0.15, -0.1) is 0 Å². The molecule has 1 aromatic rings. The number of aliphatic carboxylic acids is 1. The fourth-order valence-corrected chi connectivity index (χ4v) is 2.88. The molecule has 3 unspecified atom stereocenters. The minimum atomic E-state index is -0.785. The van der Waals surface area contributed by atoms with E-state index in [4.69, 9.17) is 0 Å². The minimum Gasteiger partial charge on any atom is -0.480 e. The van der Waals surface area contributed by atoms with Gasteiger partial charge in [0.15, 0.2) is 0 Å². The summed E-state index contributed by atoms with van der Waals surface area (Å²) < 4.78 is 0. The van der Waals surface area contributed by atoms with Crippen LogP contribution in [0.3, 0.4) is 0 Å². The monoisotopic (exact) mass is 263 g/mol. The quantitative estimate of drug-likeness (QED) is 0.871. The zero-order chi connectivity index (χ0) is 13.8. The van der Waals surface area contributed by atoms with E-state index in [9.17, 15) is 15.0 Å². The van der Waals surface area contributed by atoms with Crippen molar-refractivity contribution in [3.63, 3.8) is 0 Å². The third-order valence-corrected chi connectivity index (χ3v) is 3.88. The van der Waals surface area contributed by atoms with Crippen LogP contribution in [-0.4, -0.2) is 40.2 Å². The minimum absolute atomic E-state index is 0.134. The van der Waals surface area contributed by atoms with Crippen LogP contribution in [0.5, 0.6) is 0 Å². The Morgan fingerprint density at radius 3 is 2.74 bits per heavy atom. The van der Waals surface area contributed by atoms with Gasteiger partial charge in [0.2, 0.25) is 0 Å². The Labute approximate surface area is 113 Å². The number of carboxylic acids is 1. The summed E-state index contributed by atoms with van der Waals surface area (Å²) in [5, 5.41) is 19.6. The topological polar surface area (TPSA) is 60.8 Å². The molecule has 2 N–H and O–H groups in total. The third-order valence-electron chi connectivity index (χ3n) is 3.88. The first kappa shape index (κ1) is 14.0. The molecule has 1 aromatic carbocycles. The van der Waals surface area contributed by atoms with Crippen LogP contribution >= 0.6 is 0 Å². The summed E-state index contributed by atoms with van der Waals surface area (Å²) in [5.41, 5.74) is 0.838. The number of nitrogens with zero attached hydrogens (tertiary/aromatic N) is 1.